The molecule has 1 amide bonds. The summed E-state index contributed by atoms with van der Waals surface area (Å²) in [4.78, 5) is 20.1. The summed E-state index contributed by atoms with van der Waals surface area (Å²) in [6.07, 6.45) is 4.45. The van der Waals surface area contributed by atoms with E-state index in [-0.39, 0.29) is 12.2 Å². The van der Waals surface area contributed by atoms with E-state index in [2.05, 4.69) is 42.0 Å². The van der Waals surface area contributed by atoms with Crippen molar-refractivity contribution < 1.29 is 22.8 Å². The first-order chi connectivity index (χ1) is 16.4. The van der Waals surface area contributed by atoms with Gasteiger partial charge in [0.25, 0.3) is 0 Å². The van der Waals surface area contributed by atoms with Gasteiger partial charge in [-0.2, -0.15) is 0 Å². The van der Waals surface area contributed by atoms with Gasteiger partial charge in [-0.1, -0.05) is 37.6 Å². The molecule has 186 valence electrons. The maximum Gasteiger partial charge on any atom is 0.245 e. The maximum absolute atomic E-state index is 13.5. The molecule has 2 saturated heterocycles. The van der Waals surface area contributed by atoms with Crippen LogP contribution >= 0.6 is 11.3 Å². The van der Waals surface area contributed by atoms with Crippen molar-refractivity contribution in [3.05, 3.63) is 46.8 Å². The van der Waals surface area contributed by atoms with Crippen LogP contribution in [-0.4, -0.2) is 46.1 Å². The lowest BCUT2D eigenvalue weighted by Crippen LogP contribution is -2.43. The molecule has 0 spiro atoms. The number of hydrogen-bond acceptors (Lipinski definition) is 7. The van der Waals surface area contributed by atoms with Gasteiger partial charge in [0, 0.05) is 29.3 Å². The number of benzene rings is 1. The normalized spacial score (nSPS) is 24.9. The van der Waals surface area contributed by atoms with Crippen LogP contribution in [0.4, 0.5) is 0 Å². The van der Waals surface area contributed by atoms with Gasteiger partial charge in [0.05, 0.1) is 12.2 Å². The molecule has 0 saturated carbocycles. The Balaban J connectivity index is 1.58. The Morgan fingerprint density at radius 1 is 1.21 bits per heavy atom. The van der Waals surface area contributed by atoms with Gasteiger partial charge in [-0.15, -0.1) is 11.3 Å². The number of nitrogens with one attached hydrogen (secondary N) is 2. The Morgan fingerprint density at radius 2 is 2.03 bits per heavy atom. The van der Waals surface area contributed by atoms with Gasteiger partial charge >= 0.3 is 0 Å². The topological polar surface area (TPSA) is 93.7 Å². The van der Waals surface area contributed by atoms with Gasteiger partial charge in [-0.05, 0) is 55.5 Å². The number of thiophene rings is 1. The number of rotatable bonds is 8. The molecular formula is C25H34N2O5S2. The van der Waals surface area contributed by atoms with Crippen LogP contribution in [0.5, 0.6) is 0 Å². The molecule has 0 bridgehead atoms. The smallest absolute Gasteiger partial charge is 0.245 e. The number of hydroxylamine groups is 1. The molecule has 2 aromatic rings. The second-order valence-electron chi connectivity index (χ2n) is 9.04. The standard InChI is InChI=1S/C25H34N2O5S2/c1-2-5-19-7-9-20(10-8-19)21-11-12-22(33-21)25(13-14-26-15-17-34(25,29)30)18-23(28)27-32-24-6-3-4-16-31-24/h7-12,24,26H,2-6,13-18H2,1H3,(H,27,28). The number of aryl methyl sites for hydroxylation is 1. The van der Waals surface area contributed by atoms with Crippen molar-refractivity contribution in [3.8, 4) is 10.4 Å². The van der Waals surface area contributed by atoms with Crippen LogP contribution in [-0.2, 0) is 35.4 Å². The number of carbonyl (C=O) groups is 1. The van der Waals surface area contributed by atoms with Gasteiger partial charge in [0.15, 0.2) is 16.1 Å². The van der Waals surface area contributed by atoms with E-state index < -0.39 is 26.8 Å². The molecule has 2 unspecified atom stereocenters. The largest absolute Gasteiger partial charge is 0.350 e. The summed E-state index contributed by atoms with van der Waals surface area (Å²) in [6.45, 7) is 3.67. The van der Waals surface area contributed by atoms with Crippen LogP contribution < -0.4 is 10.8 Å². The number of ether oxygens (including phenoxy) is 1. The minimum atomic E-state index is -3.60. The Hall–Kier alpha value is -1.78. The number of carbonyl (C=O) groups excluding carboxylic acids is 1. The quantitative estimate of drug-likeness (QED) is 0.527. The van der Waals surface area contributed by atoms with Gasteiger partial charge in [-0.25, -0.2) is 18.7 Å². The highest BCUT2D eigenvalue weighted by Crippen LogP contribution is 2.44. The molecule has 1 aromatic heterocycles. The number of amides is 1. The Kier molecular flexibility index (Phi) is 8.42. The molecule has 7 nitrogen and oxygen atoms in total. The summed E-state index contributed by atoms with van der Waals surface area (Å²) in [6, 6.07) is 12.3. The van der Waals surface area contributed by atoms with Gasteiger partial charge in [-0.3, -0.25) is 4.79 Å². The summed E-state index contributed by atoms with van der Waals surface area (Å²) in [7, 11) is -3.60. The van der Waals surface area contributed by atoms with E-state index >= 15 is 0 Å². The van der Waals surface area contributed by atoms with E-state index in [4.69, 9.17) is 9.57 Å². The molecule has 3 heterocycles. The van der Waals surface area contributed by atoms with Crippen molar-refractivity contribution in [2.24, 2.45) is 0 Å². The molecule has 0 aliphatic carbocycles. The van der Waals surface area contributed by atoms with E-state index in [0.717, 1.165) is 36.1 Å². The predicted molar refractivity (Wildman–Crippen MR) is 134 cm³/mol. The fourth-order valence-electron chi connectivity index (χ4n) is 4.63. The fourth-order valence-corrected chi connectivity index (χ4v) is 8.20. The zero-order valence-electron chi connectivity index (χ0n) is 19.7. The van der Waals surface area contributed by atoms with E-state index in [1.54, 1.807) is 0 Å². The molecule has 9 heteroatoms. The lowest BCUT2D eigenvalue weighted by molar-refractivity contribution is -0.200. The monoisotopic (exact) mass is 506 g/mol. The fraction of sp³-hybridized carbons (Fsp3) is 0.560. The van der Waals surface area contributed by atoms with Crippen LogP contribution in [0, 0.1) is 0 Å². The van der Waals surface area contributed by atoms with Crippen LogP contribution in [0.1, 0.15) is 55.9 Å². The van der Waals surface area contributed by atoms with Crippen LogP contribution in [0.3, 0.4) is 0 Å². The van der Waals surface area contributed by atoms with E-state index in [1.165, 1.54) is 16.9 Å². The third kappa shape index (κ3) is 5.71. The third-order valence-electron chi connectivity index (χ3n) is 6.57. The van der Waals surface area contributed by atoms with Crippen molar-refractivity contribution in [2.45, 2.75) is 62.9 Å². The summed E-state index contributed by atoms with van der Waals surface area (Å²) >= 11 is 1.46. The zero-order chi connectivity index (χ0) is 24.0. The highest BCUT2D eigenvalue weighted by atomic mass is 32.2. The van der Waals surface area contributed by atoms with Crippen molar-refractivity contribution in [2.75, 3.05) is 25.4 Å². The van der Waals surface area contributed by atoms with Crippen molar-refractivity contribution in [1.29, 1.82) is 0 Å². The lowest BCUT2D eigenvalue weighted by atomic mass is 9.97. The van der Waals surface area contributed by atoms with Crippen molar-refractivity contribution in [1.82, 2.24) is 10.8 Å². The third-order valence-corrected chi connectivity index (χ3v) is 10.5. The summed E-state index contributed by atoms with van der Waals surface area (Å²) in [5.74, 6) is -0.454. The van der Waals surface area contributed by atoms with Crippen molar-refractivity contribution >= 4 is 27.1 Å². The van der Waals surface area contributed by atoms with Crippen LogP contribution in [0.25, 0.3) is 10.4 Å². The Labute approximate surface area is 206 Å². The molecular weight excluding hydrogens is 472 g/mol. The molecule has 34 heavy (non-hydrogen) atoms. The minimum Gasteiger partial charge on any atom is -0.350 e. The van der Waals surface area contributed by atoms with Gasteiger partial charge in [0.1, 0.15) is 4.75 Å². The summed E-state index contributed by atoms with van der Waals surface area (Å²) in [5, 5.41) is 3.18. The predicted octanol–water partition coefficient (Wildman–Crippen LogP) is 3.94. The average Bonchev–Trinajstić information content (AvgIpc) is 3.28. The van der Waals surface area contributed by atoms with E-state index in [9.17, 15) is 13.2 Å². The Bertz CT molecular complexity index is 1060. The lowest BCUT2D eigenvalue weighted by Gasteiger charge is -2.31. The van der Waals surface area contributed by atoms with Gasteiger partial charge < -0.3 is 10.1 Å². The molecule has 2 atom stereocenters. The van der Waals surface area contributed by atoms with E-state index in [0.29, 0.717) is 37.4 Å². The van der Waals surface area contributed by atoms with Crippen LogP contribution in [0.15, 0.2) is 36.4 Å². The van der Waals surface area contributed by atoms with Crippen LogP contribution in [0.2, 0.25) is 0 Å². The molecule has 4 rings (SSSR count). The maximum atomic E-state index is 13.5. The van der Waals surface area contributed by atoms with E-state index in [1.807, 2.05) is 12.1 Å². The summed E-state index contributed by atoms with van der Waals surface area (Å²) < 4.78 is 31.3. The SMILES string of the molecule is CCCc1ccc(-c2ccc(C3(CC(=O)NOC4CCCCO4)CCNCCS3(=O)=O)s2)cc1. The highest BCUT2D eigenvalue weighted by Gasteiger charge is 2.48. The molecule has 2 aliphatic rings. The number of sulfone groups is 1. The van der Waals surface area contributed by atoms with Crippen molar-refractivity contribution in [3.63, 3.8) is 0 Å². The molecule has 1 aromatic carbocycles. The number of hydrogen-bond donors (Lipinski definition) is 2. The molecule has 2 fully saturated rings. The molecule has 2 aliphatic heterocycles. The first kappa shape index (κ1) is 25.3. The second kappa shape index (κ2) is 11.3. The Morgan fingerprint density at radius 3 is 2.76 bits per heavy atom. The highest BCUT2D eigenvalue weighted by molar-refractivity contribution is 7.92. The summed E-state index contributed by atoms with van der Waals surface area (Å²) in [5.41, 5.74) is 4.81. The minimum absolute atomic E-state index is 0.00811. The van der Waals surface area contributed by atoms with Gasteiger partial charge in [0.2, 0.25) is 5.91 Å². The molecule has 2 N–H and O–H groups in total. The average molecular weight is 507 g/mol. The molecule has 0 radical (unpaired) electrons. The second-order valence-corrected chi connectivity index (χ2v) is 12.5. The first-order valence-electron chi connectivity index (χ1n) is 12.1. The zero-order valence-corrected chi connectivity index (χ0v) is 21.3. The first-order valence-corrected chi connectivity index (χ1v) is 14.6.